The number of benzene rings is 1. The first-order valence-corrected chi connectivity index (χ1v) is 8.87. The van der Waals surface area contributed by atoms with Crippen LogP contribution < -0.4 is 10.0 Å². The third-order valence-corrected chi connectivity index (χ3v) is 4.24. The first-order valence-electron chi connectivity index (χ1n) is 7.21. The number of aromatic nitrogens is 1. The Morgan fingerprint density at radius 1 is 1.09 bits per heavy atom. The van der Waals surface area contributed by atoms with Crippen molar-refractivity contribution >= 4 is 21.5 Å². The van der Waals surface area contributed by atoms with Crippen molar-refractivity contribution in [1.29, 1.82) is 0 Å². The van der Waals surface area contributed by atoms with Crippen LogP contribution in [-0.4, -0.2) is 25.2 Å². The van der Waals surface area contributed by atoms with Crippen molar-refractivity contribution in [3.63, 3.8) is 0 Å². The average Bonchev–Trinajstić information content (AvgIpc) is 2.48. The predicted molar refractivity (Wildman–Crippen MR) is 90.6 cm³/mol. The lowest BCUT2D eigenvalue weighted by Crippen LogP contribution is -2.19. The number of nitrogens with one attached hydrogen (secondary N) is 2. The van der Waals surface area contributed by atoms with Crippen molar-refractivity contribution in [3.05, 3.63) is 54.2 Å². The molecule has 0 amide bonds. The molecule has 1 aromatic carbocycles. The van der Waals surface area contributed by atoms with Gasteiger partial charge in [-0.3, -0.25) is 4.72 Å². The standard InChI is InChI=1S/C16H21N3O2S/c1-13(2)18-15-8-9-16(17-12-15)19-22(20,21)11-10-14-6-4-3-5-7-14/h3-9,12-13,18H,10-11H2,1-2H3,(H,17,19). The second-order valence-corrected chi connectivity index (χ2v) is 7.23. The zero-order valence-electron chi connectivity index (χ0n) is 12.8. The lowest BCUT2D eigenvalue weighted by molar-refractivity contribution is 0.600. The van der Waals surface area contributed by atoms with Crippen molar-refractivity contribution in [2.45, 2.75) is 26.3 Å². The summed E-state index contributed by atoms with van der Waals surface area (Å²) in [6.45, 7) is 4.06. The highest BCUT2D eigenvalue weighted by Gasteiger charge is 2.11. The van der Waals surface area contributed by atoms with Crippen molar-refractivity contribution in [3.8, 4) is 0 Å². The molecule has 0 aliphatic carbocycles. The SMILES string of the molecule is CC(C)Nc1ccc(NS(=O)(=O)CCc2ccccc2)nc1. The Hall–Kier alpha value is -2.08. The summed E-state index contributed by atoms with van der Waals surface area (Å²) in [7, 11) is -3.40. The molecule has 0 aliphatic rings. The molecule has 2 aromatic rings. The summed E-state index contributed by atoms with van der Waals surface area (Å²) >= 11 is 0. The van der Waals surface area contributed by atoms with Gasteiger partial charge in [0.25, 0.3) is 0 Å². The highest BCUT2D eigenvalue weighted by molar-refractivity contribution is 7.92. The van der Waals surface area contributed by atoms with Crippen molar-refractivity contribution in [2.75, 3.05) is 15.8 Å². The summed E-state index contributed by atoms with van der Waals surface area (Å²) in [4.78, 5) is 4.12. The zero-order chi connectivity index (χ0) is 16.0. The molecular weight excluding hydrogens is 298 g/mol. The Morgan fingerprint density at radius 2 is 1.82 bits per heavy atom. The van der Waals surface area contributed by atoms with Crippen LogP contribution in [0.2, 0.25) is 0 Å². The van der Waals surface area contributed by atoms with E-state index < -0.39 is 10.0 Å². The summed E-state index contributed by atoms with van der Waals surface area (Å²) in [5.41, 5.74) is 1.86. The highest BCUT2D eigenvalue weighted by atomic mass is 32.2. The molecule has 5 nitrogen and oxygen atoms in total. The highest BCUT2D eigenvalue weighted by Crippen LogP contribution is 2.12. The molecular formula is C16H21N3O2S. The van der Waals surface area contributed by atoms with Gasteiger partial charge in [0.1, 0.15) is 5.82 Å². The fraction of sp³-hybridized carbons (Fsp3) is 0.312. The first kappa shape index (κ1) is 16.3. The monoisotopic (exact) mass is 319 g/mol. The number of aryl methyl sites for hydroxylation is 1. The Labute approximate surface area is 131 Å². The summed E-state index contributed by atoms with van der Waals surface area (Å²) < 4.78 is 26.6. The van der Waals surface area contributed by atoms with E-state index in [2.05, 4.69) is 15.0 Å². The van der Waals surface area contributed by atoms with Crippen LogP contribution in [0.1, 0.15) is 19.4 Å². The Bertz CT molecular complexity index is 683. The molecule has 1 aromatic heterocycles. The van der Waals surface area contributed by atoms with E-state index >= 15 is 0 Å². The summed E-state index contributed by atoms with van der Waals surface area (Å²) in [6.07, 6.45) is 2.10. The number of rotatable bonds is 7. The normalized spacial score (nSPS) is 11.4. The van der Waals surface area contributed by atoms with Gasteiger partial charge in [-0.25, -0.2) is 13.4 Å². The minimum Gasteiger partial charge on any atom is -0.382 e. The third kappa shape index (κ3) is 5.37. The number of anilines is 2. The molecule has 0 saturated carbocycles. The molecule has 0 bridgehead atoms. The largest absolute Gasteiger partial charge is 0.382 e. The van der Waals surface area contributed by atoms with E-state index in [-0.39, 0.29) is 5.75 Å². The number of pyridine rings is 1. The van der Waals surface area contributed by atoms with Crippen LogP contribution in [0.15, 0.2) is 48.7 Å². The number of sulfonamides is 1. The topological polar surface area (TPSA) is 71.1 Å². The minimum absolute atomic E-state index is 0.0324. The first-order chi connectivity index (χ1) is 10.4. The van der Waals surface area contributed by atoms with Crippen LogP contribution in [0.4, 0.5) is 11.5 Å². The predicted octanol–water partition coefficient (Wildman–Crippen LogP) is 2.89. The summed E-state index contributed by atoms with van der Waals surface area (Å²) in [5.74, 6) is 0.368. The molecule has 0 unspecified atom stereocenters. The summed E-state index contributed by atoms with van der Waals surface area (Å²) in [6, 6.07) is 13.3. The van der Waals surface area contributed by atoms with E-state index in [0.717, 1.165) is 11.3 Å². The van der Waals surface area contributed by atoms with Crippen LogP contribution in [0.5, 0.6) is 0 Å². The third-order valence-electron chi connectivity index (χ3n) is 2.98. The van der Waals surface area contributed by atoms with Gasteiger partial charge in [0.05, 0.1) is 17.6 Å². The van der Waals surface area contributed by atoms with Crippen LogP contribution in [0.3, 0.4) is 0 Å². The van der Waals surface area contributed by atoms with Crippen molar-refractivity contribution in [2.24, 2.45) is 0 Å². The molecule has 0 fully saturated rings. The van der Waals surface area contributed by atoms with Gasteiger partial charge < -0.3 is 5.32 Å². The second-order valence-electron chi connectivity index (χ2n) is 5.39. The lowest BCUT2D eigenvalue weighted by Gasteiger charge is -2.11. The Morgan fingerprint density at radius 3 is 2.41 bits per heavy atom. The van der Waals surface area contributed by atoms with Gasteiger partial charge in [-0.1, -0.05) is 30.3 Å². The van der Waals surface area contributed by atoms with Gasteiger partial charge >= 0.3 is 0 Å². The van der Waals surface area contributed by atoms with Crippen molar-refractivity contribution < 1.29 is 8.42 Å². The van der Waals surface area contributed by atoms with Gasteiger partial charge in [0, 0.05) is 6.04 Å². The van der Waals surface area contributed by atoms with Gasteiger partial charge in [-0.2, -0.15) is 0 Å². The molecule has 2 N–H and O–H groups in total. The van der Waals surface area contributed by atoms with Crippen LogP contribution in [-0.2, 0) is 16.4 Å². The smallest absolute Gasteiger partial charge is 0.234 e. The zero-order valence-corrected chi connectivity index (χ0v) is 13.6. The Kier molecular flexibility index (Phi) is 5.38. The number of hydrogen-bond acceptors (Lipinski definition) is 4. The van der Waals surface area contributed by atoms with E-state index in [4.69, 9.17) is 0 Å². The number of hydrogen-bond donors (Lipinski definition) is 2. The van der Waals surface area contributed by atoms with Crippen LogP contribution in [0.25, 0.3) is 0 Å². The van der Waals surface area contributed by atoms with Crippen LogP contribution >= 0.6 is 0 Å². The van der Waals surface area contributed by atoms with Crippen molar-refractivity contribution in [1.82, 2.24) is 4.98 Å². The van der Waals surface area contributed by atoms with Gasteiger partial charge in [0.15, 0.2) is 0 Å². The molecule has 0 aliphatic heterocycles. The second kappa shape index (κ2) is 7.26. The molecule has 1 heterocycles. The average molecular weight is 319 g/mol. The maximum Gasteiger partial charge on any atom is 0.234 e. The molecule has 2 rings (SSSR count). The Balaban J connectivity index is 1.93. The fourth-order valence-corrected chi connectivity index (χ4v) is 3.03. The van der Waals surface area contributed by atoms with E-state index in [1.54, 1.807) is 12.3 Å². The molecule has 118 valence electrons. The molecule has 0 atom stereocenters. The molecule has 6 heteroatoms. The molecule has 22 heavy (non-hydrogen) atoms. The van der Waals surface area contributed by atoms with Gasteiger partial charge in [0.2, 0.25) is 10.0 Å². The quantitative estimate of drug-likeness (QED) is 0.823. The molecule has 0 radical (unpaired) electrons. The maximum atomic E-state index is 12.1. The molecule has 0 spiro atoms. The van der Waals surface area contributed by atoms with E-state index in [0.29, 0.717) is 18.3 Å². The van der Waals surface area contributed by atoms with Gasteiger partial charge in [-0.15, -0.1) is 0 Å². The fourth-order valence-electron chi connectivity index (χ4n) is 1.98. The van der Waals surface area contributed by atoms with Gasteiger partial charge in [-0.05, 0) is 38.0 Å². The van der Waals surface area contributed by atoms with E-state index in [1.165, 1.54) is 0 Å². The van der Waals surface area contributed by atoms with E-state index in [1.807, 2.05) is 50.2 Å². The maximum absolute atomic E-state index is 12.1. The van der Waals surface area contributed by atoms with E-state index in [9.17, 15) is 8.42 Å². The lowest BCUT2D eigenvalue weighted by atomic mass is 10.2. The number of nitrogens with zero attached hydrogens (tertiary/aromatic N) is 1. The summed E-state index contributed by atoms with van der Waals surface area (Å²) in [5, 5.41) is 3.20. The molecule has 0 saturated heterocycles. The van der Waals surface area contributed by atoms with Crippen LogP contribution in [0, 0.1) is 0 Å². The minimum atomic E-state index is -3.40.